The number of rotatable bonds is 4. The highest BCUT2D eigenvalue weighted by Crippen LogP contribution is 2.47. The standard InChI is InChI=1S/C30H32ClN3O4S/c1-29(2)37-27(35)23(28(36)38-29)13-20-14-24-26(39-20)21(6-9-32-24)22-12-18(31)11-17-5-3-10-34(25(17)22)19-15-30(33-16-19)7-4-8-30/h6,9,11-12,14,19,23,33H,3-5,7-8,10,13,15-16H2,1-2H3. The number of esters is 2. The predicted molar refractivity (Wildman–Crippen MR) is 152 cm³/mol. The van der Waals surface area contributed by atoms with Crippen LogP contribution in [-0.2, 0) is 31.9 Å². The van der Waals surface area contributed by atoms with Crippen LogP contribution in [-0.4, -0.2) is 47.4 Å². The van der Waals surface area contributed by atoms with Gasteiger partial charge in [-0.3, -0.25) is 14.6 Å². The van der Waals surface area contributed by atoms with Crippen molar-refractivity contribution in [3.63, 3.8) is 0 Å². The molecule has 4 aliphatic rings. The molecule has 7 rings (SSSR count). The molecule has 204 valence electrons. The minimum absolute atomic E-state index is 0.226. The number of thiophene rings is 1. The van der Waals surface area contributed by atoms with Crippen molar-refractivity contribution in [2.75, 3.05) is 18.0 Å². The highest BCUT2D eigenvalue weighted by molar-refractivity contribution is 7.19. The zero-order valence-electron chi connectivity index (χ0n) is 22.2. The van der Waals surface area contributed by atoms with Gasteiger partial charge in [-0.15, -0.1) is 11.3 Å². The minimum atomic E-state index is -1.23. The fourth-order valence-corrected chi connectivity index (χ4v) is 8.28. The molecular weight excluding hydrogens is 534 g/mol. The number of benzene rings is 1. The largest absolute Gasteiger partial charge is 0.422 e. The van der Waals surface area contributed by atoms with Gasteiger partial charge in [-0.05, 0) is 68.4 Å². The van der Waals surface area contributed by atoms with Crippen LogP contribution in [0.5, 0.6) is 0 Å². The molecule has 1 spiro atoms. The molecule has 1 saturated carbocycles. The molecule has 0 bridgehead atoms. The van der Waals surface area contributed by atoms with Gasteiger partial charge in [0, 0.05) is 77.8 Å². The number of aromatic nitrogens is 1. The lowest BCUT2D eigenvalue weighted by atomic mass is 9.75. The summed E-state index contributed by atoms with van der Waals surface area (Å²) in [5, 5.41) is 4.59. The maximum absolute atomic E-state index is 12.6. The first-order valence-corrected chi connectivity index (χ1v) is 15.1. The predicted octanol–water partition coefficient (Wildman–Crippen LogP) is 5.65. The van der Waals surface area contributed by atoms with E-state index in [9.17, 15) is 9.59 Å². The number of hydrogen-bond donors (Lipinski definition) is 1. The van der Waals surface area contributed by atoms with Crippen LogP contribution in [0.3, 0.4) is 0 Å². The number of nitrogens with zero attached hydrogens (tertiary/aromatic N) is 2. The van der Waals surface area contributed by atoms with Crippen molar-refractivity contribution in [2.45, 2.75) is 76.2 Å². The van der Waals surface area contributed by atoms with Gasteiger partial charge in [-0.25, -0.2) is 0 Å². The second-order valence-corrected chi connectivity index (χ2v) is 13.5. The quantitative estimate of drug-likeness (QED) is 0.323. The van der Waals surface area contributed by atoms with Gasteiger partial charge in [0.05, 0.1) is 10.2 Å². The van der Waals surface area contributed by atoms with Crippen LogP contribution in [0, 0.1) is 5.92 Å². The van der Waals surface area contributed by atoms with Gasteiger partial charge in [0.2, 0.25) is 0 Å². The Morgan fingerprint density at radius 2 is 1.92 bits per heavy atom. The number of cyclic esters (lactones) is 2. The molecule has 3 aliphatic heterocycles. The summed E-state index contributed by atoms with van der Waals surface area (Å²) in [6, 6.07) is 8.72. The number of carbonyl (C=O) groups excluding carboxylic acids is 2. The van der Waals surface area contributed by atoms with Crippen molar-refractivity contribution < 1.29 is 19.1 Å². The number of hydrogen-bond acceptors (Lipinski definition) is 8. The Morgan fingerprint density at radius 3 is 2.64 bits per heavy atom. The summed E-state index contributed by atoms with van der Waals surface area (Å²) in [4.78, 5) is 33.4. The lowest BCUT2D eigenvalue weighted by Crippen LogP contribution is -2.46. The van der Waals surface area contributed by atoms with Crippen LogP contribution >= 0.6 is 22.9 Å². The van der Waals surface area contributed by atoms with E-state index in [1.165, 1.54) is 36.9 Å². The second-order valence-electron chi connectivity index (χ2n) is 11.9. The lowest BCUT2D eigenvalue weighted by molar-refractivity contribution is -0.239. The first kappa shape index (κ1) is 25.3. The van der Waals surface area contributed by atoms with E-state index in [1.54, 1.807) is 25.2 Å². The van der Waals surface area contributed by atoms with E-state index >= 15 is 0 Å². The van der Waals surface area contributed by atoms with Crippen LogP contribution in [0.25, 0.3) is 21.3 Å². The highest BCUT2D eigenvalue weighted by Gasteiger charge is 2.46. The van der Waals surface area contributed by atoms with Gasteiger partial charge >= 0.3 is 11.9 Å². The topological polar surface area (TPSA) is 80.8 Å². The Morgan fingerprint density at radius 1 is 1.13 bits per heavy atom. The lowest BCUT2D eigenvalue weighted by Gasteiger charge is -2.41. The van der Waals surface area contributed by atoms with Crippen molar-refractivity contribution in [1.82, 2.24) is 10.3 Å². The molecule has 3 aromatic rings. The maximum atomic E-state index is 12.6. The zero-order valence-corrected chi connectivity index (χ0v) is 23.8. The maximum Gasteiger partial charge on any atom is 0.323 e. The molecule has 2 saturated heterocycles. The van der Waals surface area contributed by atoms with Crippen LogP contribution in [0.4, 0.5) is 5.69 Å². The van der Waals surface area contributed by atoms with Crippen LogP contribution < -0.4 is 10.2 Å². The van der Waals surface area contributed by atoms with Crippen LogP contribution in [0.1, 0.15) is 56.4 Å². The van der Waals surface area contributed by atoms with E-state index in [4.69, 9.17) is 21.1 Å². The van der Waals surface area contributed by atoms with E-state index < -0.39 is 23.6 Å². The summed E-state index contributed by atoms with van der Waals surface area (Å²) >= 11 is 8.28. The molecule has 1 aromatic carbocycles. The van der Waals surface area contributed by atoms with Crippen molar-refractivity contribution in [3.8, 4) is 11.1 Å². The van der Waals surface area contributed by atoms with Gasteiger partial charge in [0.1, 0.15) is 0 Å². The molecule has 9 heteroatoms. The average molecular weight is 566 g/mol. The molecule has 1 atom stereocenters. The first-order valence-electron chi connectivity index (χ1n) is 13.9. The number of aryl methyl sites for hydroxylation is 1. The molecule has 39 heavy (non-hydrogen) atoms. The van der Waals surface area contributed by atoms with E-state index in [2.05, 4.69) is 33.4 Å². The molecule has 1 N–H and O–H groups in total. The Labute approximate surface area is 236 Å². The Bertz CT molecular complexity index is 1480. The zero-order chi connectivity index (χ0) is 26.9. The van der Waals surface area contributed by atoms with E-state index in [-0.39, 0.29) is 6.42 Å². The van der Waals surface area contributed by atoms with Crippen molar-refractivity contribution in [2.24, 2.45) is 5.92 Å². The van der Waals surface area contributed by atoms with E-state index in [0.29, 0.717) is 11.6 Å². The van der Waals surface area contributed by atoms with Gasteiger partial charge in [-0.2, -0.15) is 0 Å². The number of nitrogens with one attached hydrogen (secondary N) is 1. The second kappa shape index (κ2) is 9.18. The van der Waals surface area contributed by atoms with Crippen molar-refractivity contribution >= 4 is 50.8 Å². The first-order chi connectivity index (χ1) is 18.7. The number of carbonyl (C=O) groups is 2. The molecule has 1 aliphatic carbocycles. The van der Waals surface area contributed by atoms with Crippen molar-refractivity contribution in [3.05, 3.63) is 45.9 Å². The minimum Gasteiger partial charge on any atom is -0.422 e. The van der Waals surface area contributed by atoms with Crippen LogP contribution in [0.2, 0.25) is 5.02 Å². The average Bonchev–Trinajstić information content (AvgIpc) is 3.49. The summed E-state index contributed by atoms with van der Waals surface area (Å²) in [6.07, 6.45) is 9.26. The van der Waals surface area contributed by atoms with Gasteiger partial charge in [0.15, 0.2) is 5.92 Å². The number of ether oxygens (including phenoxy) is 2. The number of pyridine rings is 1. The third-order valence-corrected chi connectivity index (χ3v) is 10.2. The number of fused-ring (bicyclic) bond motifs is 2. The molecule has 0 radical (unpaired) electrons. The summed E-state index contributed by atoms with van der Waals surface area (Å²) in [5.41, 5.74) is 5.98. The molecule has 5 heterocycles. The molecule has 7 nitrogen and oxygen atoms in total. The SMILES string of the molecule is CC1(C)OC(=O)C(Cc2cc3nccc(-c4cc(Cl)cc5c4N(C4CNC6(CCC6)C4)CCC5)c3s2)C(=O)O1. The molecule has 0 amide bonds. The Kier molecular flexibility index (Phi) is 5.95. The summed E-state index contributed by atoms with van der Waals surface area (Å²) in [7, 11) is 0. The molecule has 2 aromatic heterocycles. The van der Waals surface area contributed by atoms with Crippen molar-refractivity contribution in [1.29, 1.82) is 0 Å². The van der Waals surface area contributed by atoms with Gasteiger partial charge < -0.3 is 19.7 Å². The third kappa shape index (κ3) is 4.41. The Balaban J connectivity index is 1.26. The van der Waals surface area contributed by atoms with Gasteiger partial charge in [-0.1, -0.05) is 11.6 Å². The fourth-order valence-electron chi connectivity index (χ4n) is 6.85. The monoisotopic (exact) mass is 565 g/mol. The summed E-state index contributed by atoms with van der Waals surface area (Å²) in [5.74, 6) is -3.30. The smallest absolute Gasteiger partial charge is 0.323 e. The molecular formula is C30H32ClN3O4S. The molecule has 1 unspecified atom stereocenters. The van der Waals surface area contributed by atoms with E-state index in [0.717, 1.165) is 57.2 Å². The third-order valence-electron chi connectivity index (χ3n) is 8.80. The normalized spacial score (nSPS) is 24.0. The summed E-state index contributed by atoms with van der Waals surface area (Å²) < 4.78 is 11.7. The number of anilines is 1. The summed E-state index contributed by atoms with van der Waals surface area (Å²) in [6.45, 7) is 5.19. The Hall–Kier alpha value is -2.68. The van der Waals surface area contributed by atoms with Gasteiger partial charge in [0.25, 0.3) is 5.79 Å². The fraction of sp³-hybridized carbons (Fsp3) is 0.500. The van der Waals surface area contributed by atoms with Crippen LogP contribution in [0.15, 0.2) is 30.5 Å². The highest BCUT2D eigenvalue weighted by atomic mass is 35.5. The molecule has 3 fully saturated rings. The van der Waals surface area contributed by atoms with E-state index in [1.807, 2.05) is 12.3 Å². The number of halogens is 1.